The standard InChI is InChI=1S/C22H28N2O4S/c1-13-17(20(26)28-12-11-27-6)18(24-19(25)14(2)29-21(24)23-13)15-7-9-16(10-8-15)22(3,4)5/h7-10,14,18H,11-12H2,1-6H3/t14-,18+/m1/s1. The first-order chi connectivity index (χ1) is 13.6. The number of methoxy groups -OCH3 is 1. The second kappa shape index (κ2) is 8.32. The van der Waals surface area contributed by atoms with Crippen molar-refractivity contribution in [1.82, 2.24) is 4.90 Å². The zero-order valence-electron chi connectivity index (χ0n) is 17.8. The molecule has 0 saturated carbocycles. The van der Waals surface area contributed by atoms with Gasteiger partial charge >= 0.3 is 5.97 Å². The number of nitrogens with zero attached hydrogens (tertiary/aromatic N) is 2. The van der Waals surface area contributed by atoms with E-state index >= 15 is 0 Å². The molecule has 0 bridgehead atoms. The van der Waals surface area contributed by atoms with E-state index in [1.165, 1.54) is 17.3 Å². The van der Waals surface area contributed by atoms with Gasteiger partial charge in [-0.15, -0.1) is 0 Å². The normalized spacial score (nSPS) is 21.9. The van der Waals surface area contributed by atoms with Crippen molar-refractivity contribution in [3.8, 4) is 0 Å². The average molecular weight is 417 g/mol. The maximum Gasteiger partial charge on any atom is 0.338 e. The predicted molar refractivity (Wildman–Crippen MR) is 115 cm³/mol. The van der Waals surface area contributed by atoms with E-state index in [1.807, 2.05) is 19.1 Å². The van der Waals surface area contributed by atoms with Gasteiger partial charge < -0.3 is 9.47 Å². The number of fused-ring (bicyclic) bond motifs is 1. The third-order valence-electron chi connectivity index (χ3n) is 5.09. The first kappa shape index (κ1) is 21.6. The van der Waals surface area contributed by atoms with Gasteiger partial charge in [0.25, 0.3) is 0 Å². The Bertz CT molecular complexity index is 868. The Morgan fingerprint density at radius 1 is 1.21 bits per heavy atom. The number of esters is 1. The summed E-state index contributed by atoms with van der Waals surface area (Å²) in [4.78, 5) is 32.0. The van der Waals surface area contributed by atoms with Crippen LogP contribution in [0.5, 0.6) is 0 Å². The fraction of sp³-hybridized carbons (Fsp3) is 0.500. The highest BCUT2D eigenvalue weighted by atomic mass is 32.2. The van der Waals surface area contributed by atoms with Gasteiger partial charge in [-0.2, -0.15) is 0 Å². The van der Waals surface area contributed by atoms with Crippen LogP contribution in [0.25, 0.3) is 0 Å². The Morgan fingerprint density at radius 2 is 1.86 bits per heavy atom. The fourth-order valence-corrected chi connectivity index (χ4v) is 4.47. The van der Waals surface area contributed by atoms with Crippen LogP contribution in [0.3, 0.4) is 0 Å². The lowest BCUT2D eigenvalue weighted by Crippen LogP contribution is -2.40. The molecular weight excluding hydrogens is 388 g/mol. The van der Waals surface area contributed by atoms with Crippen molar-refractivity contribution in [2.75, 3.05) is 20.3 Å². The molecule has 156 valence electrons. The van der Waals surface area contributed by atoms with Crippen LogP contribution in [-0.4, -0.2) is 47.5 Å². The van der Waals surface area contributed by atoms with Crippen molar-refractivity contribution < 1.29 is 19.1 Å². The molecule has 0 aliphatic carbocycles. The minimum atomic E-state index is -0.545. The SMILES string of the molecule is COCCOC(=O)C1=C(C)N=C2S[C@H](C)C(=O)N2[C@H]1c1ccc(C(C)(C)C)cc1. The molecule has 3 rings (SSSR count). The topological polar surface area (TPSA) is 68.2 Å². The summed E-state index contributed by atoms with van der Waals surface area (Å²) in [5.74, 6) is -0.516. The Kier molecular flexibility index (Phi) is 6.19. The molecule has 0 radical (unpaired) electrons. The van der Waals surface area contributed by atoms with Crippen molar-refractivity contribution >= 4 is 28.8 Å². The van der Waals surface area contributed by atoms with Crippen LogP contribution < -0.4 is 0 Å². The molecule has 2 aliphatic rings. The van der Waals surface area contributed by atoms with Crippen molar-refractivity contribution in [2.24, 2.45) is 4.99 Å². The number of ether oxygens (including phenoxy) is 2. The summed E-state index contributed by atoms with van der Waals surface area (Å²) in [5.41, 5.74) is 3.05. The Morgan fingerprint density at radius 3 is 2.45 bits per heavy atom. The van der Waals surface area contributed by atoms with E-state index < -0.39 is 12.0 Å². The summed E-state index contributed by atoms with van der Waals surface area (Å²) in [6.07, 6.45) is 0. The van der Waals surface area contributed by atoms with Crippen LogP contribution in [-0.2, 0) is 24.5 Å². The molecule has 6 nitrogen and oxygen atoms in total. The summed E-state index contributed by atoms with van der Waals surface area (Å²) in [6, 6.07) is 7.55. The van der Waals surface area contributed by atoms with E-state index in [1.54, 1.807) is 18.9 Å². The smallest absolute Gasteiger partial charge is 0.338 e. The maximum absolute atomic E-state index is 12.9. The molecule has 1 aromatic carbocycles. The molecule has 2 atom stereocenters. The molecule has 0 N–H and O–H groups in total. The van der Waals surface area contributed by atoms with Gasteiger partial charge in [-0.25, -0.2) is 9.79 Å². The molecule has 1 fully saturated rings. The average Bonchev–Trinajstić information content (AvgIpc) is 2.93. The van der Waals surface area contributed by atoms with Gasteiger partial charge in [-0.3, -0.25) is 9.69 Å². The summed E-state index contributed by atoms with van der Waals surface area (Å²) in [5, 5.41) is 0.403. The summed E-state index contributed by atoms with van der Waals surface area (Å²) >= 11 is 1.42. The minimum absolute atomic E-state index is 0.0131. The number of amides is 1. The Hall–Kier alpha value is -2.12. The van der Waals surface area contributed by atoms with Crippen LogP contribution >= 0.6 is 11.8 Å². The number of carbonyl (C=O) groups is 2. The maximum atomic E-state index is 12.9. The van der Waals surface area contributed by atoms with Crippen molar-refractivity contribution in [3.63, 3.8) is 0 Å². The number of amidine groups is 1. The third kappa shape index (κ3) is 4.26. The molecular formula is C22H28N2O4S. The van der Waals surface area contributed by atoms with Gasteiger partial charge in [0.1, 0.15) is 6.61 Å². The van der Waals surface area contributed by atoms with E-state index in [2.05, 4.69) is 37.9 Å². The number of allylic oxidation sites excluding steroid dienone is 1. The quantitative estimate of drug-likeness (QED) is 0.539. The van der Waals surface area contributed by atoms with Gasteiger partial charge in [0.05, 0.1) is 29.2 Å². The molecule has 0 unspecified atom stereocenters. The summed E-state index contributed by atoms with van der Waals surface area (Å²) < 4.78 is 10.4. The molecule has 2 aliphatic heterocycles. The molecule has 1 amide bonds. The van der Waals surface area contributed by atoms with Crippen LogP contribution in [0, 0.1) is 0 Å². The molecule has 2 heterocycles. The van der Waals surface area contributed by atoms with Crippen LogP contribution in [0.4, 0.5) is 0 Å². The second-order valence-corrected chi connectivity index (χ2v) is 9.57. The van der Waals surface area contributed by atoms with Gasteiger partial charge in [0.2, 0.25) is 5.91 Å². The van der Waals surface area contributed by atoms with Gasteiger partial charge in [-0.1, -0.05) is 56.8 Å². The predicted octanol–water partition coefficient (Wildman–Crippen LogP) is 3.82. The van der Waals surface area contributed by atoms with Crippen LogP contribution in [0.1, 0.15) is 51.8 Å². The lowest BCUT2D eigenvalue weighted by Gasteiger charge is -2.33. The lowest BCUT2D eigenvalue weighted by atomic mass is 9.85. The molecule has 1 aromatic rings. The van der Waals surface area contributed by atoms with Crippen molar-refractivity contribution in [2.45, 2.75) is 51.3 Å². The first-order valence-corrected chi connectivity index (χ1v) is 10.6. The highest BCUT2D eigenvalue weighted by Crippen LogP contribution is 2.43. The van der Waals surface area contributed by atoms with Crippen LogP contribution in [0.2, 0.25) is 0 Å². The van der Waals surface area contributed by atoms with E-state index in [0.717, 1.165) is 5.56 Å². The number of aliphatic imine (C=N–C) groups is 1. The van der Waals surface area contributed by atoms with Crippen molar-refractivity contribution in [1.29, 1.82) is 0 Å². The van der Waals surface area contributed by atoms with E-state index in [9.17, 15) is 9.59 Å². The largest absolute Gasteiger partial charge is 0.460 e. The minimum Gasteiger partial charge on any atom is -0.460 e. The zero-order chi connectivity index (χ0) is 21.3. The summed E-state index contributed by atoms with van der Waals surface area (Å²) in [6.45, 7) is 10.6. The number of benzene rings is 1. The first-order valence-electron chi connectivity index (χ1n) is 9.71. The van der Waals surface area contributed by atoms with E-state index in [-0.39, 0.29) is 23.2 Å². The number of carbonyl (C=O) groups excluding carboxylic acids is 2. The van der Waals surface area contributed by atoms with E-state index in [0.29, 0.717) is 23.0 Å². The Balaban J connectivity index is 2.04. The van der Waals surface area contributed by atoms with Gasteiger partial charge in [0.15, 0.2) is 5.17 Å². The zero-order valence-corrected chi connectivity index (χ0v) is 18.6. The Labute approximate surface area is 176 Å². The van der Waals surface area contributed by atoms with Crippen LogP contribution in [0.15, 0.2) is 40.5 Å². The number of hydrogen-bond donors (Lipinski definition) is 0. The molecule has 7 heteroatoms. The molecule has 0 spiro atoms. The number of rotatable bonds is 5. The molecule has 29 heavy (non-hydrogen) atoms. The third-order valence-corrected chi connectivity index (χ3v) is 6.15. The molecule has 1 saturated heterocycles. The number of hydrogen-bond acceptors (Lipinski definition) is 6. The highest BCUT2D eigenvalue weighted by molar-refractivity contribution is 8.15. The van der Waals surface area contributed by atoms with Gasteiger partial charge in [0, 0.05) is 7.11 Å². The number of thioether (sulfide) groups is 1. The second-order valence-electron chi connectivity index (χ2n) is 8.27. The monoisotopic (exact) mass is 416 g/mol. The highest BCUT2D eigenvalue weighted by Gasteiger charge is 2.46. The van der Waals surface area contributed by atoms with E-state index in [4.69, 9.17) is 9.47 Å². The van der Waals surface area contributed by atoms with Crippen molar-refractivity contribution in [3.05, 3.63) is 46.7 Å². The lowest BCUT2D eigenvalue weighted by molar-refractivity contribution is -0.141. The summed E-state index contributed by atoms with van der Waals surface area (Å²) in [7, 11) is 1.55. The van der Waals surface area contributed by atoms with Gasteiger partial charge in [-0.05, 0) is 30.4 Å². The fourth-order valence-electron chi connectivity index (χ4n) is 3.44. The molecule has 0 aromatic heterocycles.